The fourth-order valence-corrected chi connectivity index (χ4v) is 1.91. The van der Waals surface area contributed by atoms with Gasteiger partial charge in [0.2, 0.25) is 15.9 Å². The van der Waals surface area contributed by atoms with Crippen molar-refractivity contribution in [3.05, 3.63) is 36.0 Å². The molecule has 102 valence electrons. The van der Waals surface area contributed by atoms with E-state index in [-0.39, 0.29) is 30.3 Å². The maximum atomic E-state index is 13.5. The molecule has 8 heteroatoms. The second kappa shape index (κ2) is 5.45. The Morgan fingerprint density at radius 1 is 1.32 bits per heavy atom. The molecule has 2 rings (SSSR count). The summed E-state index contributed by atoms with van der Waals surface area (Å²) in [5.41, 5.74) is 0.220. The highest BCUT2D eigenvalue weighted by Crippen LogP contribution is 2.20. The third-order valence-electron chi connectivity index (χ3n) is 2.27. The van der Waals surface area contributed by atoms with Crippen molar-refractivity contribution in [3.63, 3.8) is 0 Å². The predicted molar refractivity (Wildman–Crippen MR) is 66.2 cm³/mol. The van der Waals surface area contributed by atoms with Gasteiger partial charge in [-0.1, -0.05) is 12.1 Å². The molecule has 1 N–H and O–H groups in total. The number of benzene rings is 1. The molecule has 0 unspecified atom stereocenters. The molecule has 6 nitrogen and oxygen atoms in total. The molecule has 0 aliphatic rings. The normalized spacial score (nSPS) is 11.7. The molecule has 1 heterocycles. The molecule has 1 aromatic carbocycles. The highest BCUT2D eigenvalue weighted by atomic mass is 32.2. The van der Waals surface area contributed by atoms with Crippen molar-refractivity contribution >= 4 is 10.0 Å². The summed E-state index contributed by atoms with van der Waals surface area (Å²) in [6.45, 7) is 0.151. The molecule has 0 spiro atoms. The van der Waals surface area contributed by atoms with Gasteiger partial charge in [0.25, 0.3) is 5.89 Å². The molecule has 0 atom stereocenters. The van der Waals surface area contributed by atoms with Crippen LogP contribution in [0.1, 0.15) is 5.89 Å². The van der Waals surface area contributed by atoms with Crippen molar-refractivity contribution < 1.29 is 17.2 Å². The highest BCUT2D eigenvalue weighted by Gasteiger charge is 2.12. The van der Waals surface area contributed by atoms with Crippen molar-refractivity contribution in [3.8, 4) is 11.5 Å². The Morgan fingerprint density at radius 2 is 2.05 bits per heavy atom. The maximum Gasteiger partial charge on any atom is 0.250 e. The topological polar surface area (TPSA) is 85.1 Å². The standard InChI is InChI=1S/C11H12FN3O3S/c1-19(16,17)13-7-6-10-14-15-11(18-10)8-4-2-3-5-9(8)12/h2-5,13H,6-7H2,1H3. The Morgan fingerprint density at radius 3 is 2.74 bits per heavy atom. The summed E-state index contributed by atoms with van der Waals surface area (Å²) in [5.74, 6) is -0.131. The van der Waals surface area contributed by atoms with Gasteiger partial charge in [0, 0.05) is 13.0 Å². The van der Waals surface area contributed by atoms with Crippen LogP contribution in [0.15, 0.2) is 28.7 Å². The summed E-state index contributed by atoms with van der Waals surface area (Å²) in [5, 5.41) is 7.46. The molecule has 0 amide bonds. The molecule has 0 radical (unpaired) electrons. The lowest BCUT2D eigenvalue weighted by Gasteiger charge is -1.98. The van der Waals surface area contributed by atoms with Gasteiger partial charge >= 0.3 is 0 Å². The van der Waals surface area contributed by atoms with Crippen LogP contribution in [0.4, 0.5) is 4.39 Å². The van der Waals surface area contributed by atoms with Crippen molar-refractivity contribution in [2.24, 2.45) is 0 Å². The zero-order valence-electron chi connectivity index (χ0n) is 10.1. The third-order valence-corrected chi connectivity index (χ3v) is 3.00. The van der Waals surface area contributed by atoms with Crippen LogP contribution in [0.2, 0.25) is 0 Å². The van der Waals surface area contributed by atoms with E-state index in [1.54, 1.807) is 12.1 Å². The minimum atomic E-state index is -3.25. The Bertz CT molecular complexity index is 669. The molecule has 19 heavy (non-hydrogen) atoms. The zero-order valence-corrected chi connectivity index (χ0v) is 10.9. The van der Waals surface area contributed by atoms with Crippen molar-refractivity contribution in [1.29, 1.82) is 0 Å². The molecular formula is C11H12FN3O3S. The van der Waals surface area contributed by atoms with E-state index < -0.39 is 15.8 Å². The van der Waals surface area contributed by atoms with Crippen LogP contribution in [-0.4, -0.2) is 31.4 Å². The highest BCUT2D eigenvalue weighted by molar-refractivity contribution is 7.88. The quantitative estimate of drug-likeness (QED) is 0.884. The van der Waals surface area contributed by atoms with E-state index in [1.165, 1.54) is 12.1 Å². The number of nitrogens with zero attached hydrogens (tertiary/aromatic N) is 2. The lowest BCUT2D eigenvalue weighted by molar-refractivity contribution is 0.498. The summed E-state index contributed by atoms with van der Waals surface area (Å²) in [6, 6.07) is 6.05. The molecule has 0 saturated heterocycles. The number of hydrogen-bond acceptors (Lipinski definition) is 5. The monoisotopic (exact) mass is 285 g/mol. The lowest BCUT2D eigenvalue weighted by Crippen LogP contribution is -2.24. The van der Waals surface area contributed by atoms with Gasteiger partial charge in [-0.25, -0.2) is 17.5 Å². The Hall–Kier alpha value is -1.80. The number of sulfonamides is 1. The molecule has 2 aromatic rings. The van der Waals surface area contributed by atoms with Crippen LogP contribution in [0.5, 0.6) is 0 Å². The van der Waals surface area contributed by atoms with E-state index in [0.29, 0.717) is 0 Å². The zero-order chi connectivity index (χ0) is 13.9. The number of rotatable bonds is 5. The Balaban J connectivity index is 2.06. The SMILES string of the molecule is CS(=O)(=O)NCCc1nnc(-c2ccccc2F)o1. The van der Waals surface area contributed by atoms with Gasteiger partial charge in [0.05, 0.1) is 11.8 Å². The first kappa shape index (κ1) is 13.6. The summed E-state index contributed by atoms with van der Waals surface area (Å²) < 4.78 is 42.8. The Kier molecular flexibility index (Phi) is 3.91. The third kappa shape index (κ3) is 3.83. The van der Waals surface area contributed by atoms with E-state index in [2.05, 4.69) is 14.9 Å². The molecular weight excluding hydrogens is 273 g/mol. The largest absolute Gasteiger partial charge is 0.421 e. The molecule has 1 aromatic heterocycles. The van der Waals surface area contributed by atoms with Crippen LogP contribution < -0.4 is 4.72 Å². The van der Waals surface area contributed by atoms with E-state index in [4.69, 9.17) is 4.42 Å². The number of aromatic nitrogens is 2. The minimum absolute atomic E-state index is 0.0763. The van der Waals surface area contributed by atoms with E-state index in [1.807, 2.05) is 0 Å². The lowest BCUT2D eigenvalue weighted by atomic mass is 10.2. The van der Waals surface area contributed by atoms with Gasteiger partial charge in [-0.2, -0.15) is 0 Å². The van der Waals surface area contributed by atoms with Gasteiger partial charge in [0.1, 0.15) is 5.82 Å². The van der Waals surface area contributed by atoms with Crippen molar-refractivity contribution in [2.75, 3.05) is 12.8 Å². The predicted octanol–water partition coefficient (Wildman–Crippen LogP) is 0.967. The second-order valence-corrected chi connectivity index (χ2v) is 5.73. The number of halogens is 1. The second-order valence-electron chi connectivity index (χ2n) is 3.90. The molecule has 0 saturated carbocycles. The summed E-state index contributed by atoms with van der Waals surface area (Å²) in [7, 11) is -3.25. The fourth-order valence-electron chi connectivity index (χ4n) is 1.44. The molecule has 0 aliphatic carbocycles. The van der Waals surface area contributed by atoms with Crippen LogP contribution >= 0.6 is 0 Å². The van der Waals surface area contributed by atoms with E-state index in [0.717, 1.165) is 6.26 Å². The molecule has 0 aliphatic heterocycles. The molecule has 0 fully saturated rings. The Labute approximate surface area is 109 Å². The van der Waals surface area contributed by atoms with Crippen LogP contribution in [0, 0.1) is 5.82 Å². The van der Waals surface area contributed by atoms with Crippen LogP contribution in [0.3, 0.4) is 0 Å². The van der Waals surface area contributed by atoms with E-state index >= 15 is 0 Å². The molecule has 0 bridgehead atoms. The number of hydrogen-bond donors (Lipinski definition) is 1. The minimum Gasteiger partial charge on any atom is -0.421 e. The smallest absolute Gasteiger partial charge is 0.250 e. The average molecular weight is 285 g/mol. The number of nitrogens with one attached hydrogen (secondary N) is 1. The first-order chi connectivity index (χ1) is 8.96. The van der Waals surface area contributed by atoms with Gasteiger partial charge in [-0.05, 0) is 12.1 Å². The summed E-state index contributed by atoms with van der Waals surface area (Å²) in [6.07, 6.45) is 1.31. The van der Waals surface area contributed by atoms with E-state index in [9.17, 15) is 12.8 Å². The van der Waals surface area contributed by atoms with Gasteiger partial charge in [0.15, 0.2) is 0 Å². The summed E-state index contributed by atoms with van der Waals surface area (Å²) in [4.78, 5) is 0. The average Bonchev–Trinajstić information content (AvgIpc) is 2.76. The first-order valence-corrected chi connectivity index (χ1v) is 7.37. The van der Waals surface area contributed by atoms with Crippen molar-refractivity contribution in [2.45, 2.75) is 6.42 Å². The van der Waals surface area contributed by atoms with Gasteiger partial charge < -0.3 is 4.42 Å². The summed E-state index contributed by atoms with van der Waals surface area (Å²) >= 11 is 0. The van der Waals surface area contributed by atoms with Crippen LogP contribution in [-0.2, 0) is 16.4 Å². The fraction of sp³-hybridized carbons (Fsp3) is 0.273. The first-order valence-electron chi connectivity index (χ1n) is 5.47. The van der Waals surface area contributed by atoms with Gasteiger partial charge in [-0.15, -0.1) is 10.2 Å². The van der Waals surface area contributed by atoms with Gasteiger partial charge in [-0.3, -0.25) is 0 Å². The maximum absolute atomic E-state index is 13.5. The van der Waals surface area contributed by atoms with Crippen molar-refractivity contribution in [1.82, 2.24) is 14.9 Å². The van der Waals surface area contributed by atoms with Crippen LogP contribution in [0.25, 0.3) is 11.5 Å².